The van der Waals surface area contributed by atoms with Crippen LogP contribution in [0.15, 0.2) is 60.4 Å². The highest BCUT2D eigenvalue weighted by Gasteiger charge is 2.07. The van der Waals surface area contributed by atoms with Gasteiger partial charge in [0.15, 0.2) is 0 Å². The van der Waals surface area contributed by atoms with Gasteiger partial charge in [-0.15, -0.1) is 5.12 Å². The number of hydrazine groups is 2. The van der Waals surface area contributed by atoms with Crippen molar-refractivity contribution in [1.82, 2.24) is 21.3 Å². The maximum Gasteiger partial charge on any atom is 0.119 e. The van der Waals surface area contributed by atoms with E-state index in [2.05, 4.69) is 28.3 Å². The molecule has 1 aliphatic rings. The lowest BCUT2D eigenvalue weighted by atomic mass is 10.2. The first kappa shape index (κ1) is 16.6. The SMILES string of the molecule is CC1=CNN(CNCc2ccc(OCc3cccc(Cl)c3)cc2)N1. The van der Waals surface area contributed by atoms with Gasteiger partial charge in [-0.25, -0.2) is 0 Å². The molecular formula is C18H21ClN4O. The van der Waals surface area contributed by atoms with Crippen LogP contribution in [-0.2, 0) is 13.2 Å². The summed E-state index contributed by atoms with van der Waals surface area (Å²) in [4.78, 5) is 0. The van der Waals surface area contributed by atoms with Crippen molar-refractivity contribution in [1.29, 1.82) is 0 Å². The zero-order valence-electron chi connectivity index (χ0n) is 13.6. The van der Waals surface area contributed by atoms with E-state index in [-0.39, 0.29) is 0 Å². The molecule has 2 aromatic carbocycles. The second kappa shape index (κ2) is 8.06. The molecular weight excluding hydrogens is 324 g/mol. The topological polar surface area (TPSA) is 48.6 Å². The molecule has 0 bridgehead atoms. The van der Waals surface area contributed by atoms with Crippen LogP contribution in [0.3, 0.4) is 0 Å². The molecule has 5 nitrogen and oxygen atoms in total. The smallest absolute Gasteiger partial charge is 0.119 e. The summed E-state index contributed by atoms with van der Waals surface area (Å²) in [6.07, 6.45) is 1.92. The summed E-state index contributed by atoms with van der Waals surface area (Å²) in [7, 11) is 0. The summed E-state index contributed by atoms with van der Waals surface area (Å²) in [6.45, 7) is 4.00. The van der Waals surface area contributed by atoms with Crippen molar-refractivity contribution in [2.24, 2.45) is 0 Å². The third-order valence-electron chi connectivity index (χ3n) is 3.57. The van der Waals surface area contributed by atoms with Gasteiger partial charge in [-0.05, 0) is 42.3 Å². The Morgan fingerprint density at radius 1 is 1.12 bits per heavy atom. The highest BCUT2D eigenvalue weighted by Crippen LogP contribution is 2.16. The van der Waals surface area contributed by atoms with E-state index in [1.807, 2.05) is 54.6 Å². The molecule has 24 heavy (non-hydrogen) atoms. The van der Waals surface area contributed by atoms with Crippen LogP contribution >= 0.6 is 11.6 Å². The third kappa shape index (κ3) is 4.89. The third-order valence-corrected chi connectivity index (χ3v) is 3.80. The average Bonchev–Trinajstić information content (AvgIpc) is 3.00. The van der Waals surface area contributed by atoms with Crippen molar-refractivity contribution >= 4 is 11.6 Å². The van der Waals surface area contributed by atoms with Gasteiger partial charge >= 0.3 is 0 Å². The fourth-order valence-corrected chi connectivity index (χ4v) is 2.56. The van der Waals surface area contributed by atoms with Crippen LogP contribution in [-0.4, -0.2) is 11.8 Å². The van der Waals surface area contributed by atoms with Crippen molar-refractivity contribution in [3.63, 3.8) is 0 Å². The molecule has 0 unspecified atom stereocenters. The van der Waals surface area contributed by atoms with Crippen molar-refractivity contribution in [2.45, 2.75) is 20.1 Å². The lowest BCUT2D eigenvalue weighted by Crippen LogP contribution is -2.44. The Morgan fingerprint density at radius 2 is 1.96 bits per heavy atom. The number of ether oxygens (including phenoxy) is 1. The molecule has 0 aromatic heterocycles. The van der Waals surface area contributed by atoms with E-state index in [1.165, 1.54) is 5.56 Å². The molecule has 0 saturated heterocycles. The van der Waals surface area contributed by atoms with Crippen LogP contribution < -0.4 is 20.9 Å². The second-order valence-electron chi connectivity index (χ2n) is 5.64. The standard InChI is InChI=1S/C18H21ClN4O/c1-14-10-21-23(22-14)13-20-11-15-5-7-18(8-6-15)24-12-16-3-2-4-17(19)9-16/h2-10,20-22H,11-13H2,1H3. The van der Waals surface area contributed by atoms with Gasteiger partial charge in [0.25, 0.3) is 0 Å². The molecule has 0 radical (unpaired) electrons. The summed E-state index contributed by atoms with van der Waals surface area (Å²) in [5.74, 6) is 0.849. The van der Waals surface area contributed by atoms with E-state index in [1.54, 1.807) is 0 Å². The molecule has 1 heterocycles. The quantitative estimate of drug-likeness (QED) is 0.720. The number of allylic oxidation sites excluding steroid dienone is 1. The van der Waals surface area contributed by atoms with Crippen LogP contribution in [0.5, 0.6) is 5.75 Å². The van der Waals surface area contributed by atoms with E-state index in [9.17, 15) is 0 Å². The molecule has 0 saturated carbocycles. The summed E-state index contributed by atoms with van der Waals surface area (Å²) in [6, 6.07) is 15.8. The normalized spacial score (nSPS) is 14.0. The van der Waals surface area contributed by atoms with E-state index < -0.39 is 0 Å². The largest absolute Gasteiger partial charge is 0.489 e. The Morgan fingerprint density at radius 3 is 2.67 bits per heavy atom. The minimum Gasteiger partial charge on any atom is -0.489 e. The zero-order chi connectivity index (χ0) is 16.8. The highest BCUT2D eigenvalue weighted by atomic mass is 35.5. The summed E-state index contributed by atoms with van der Waals surface area (Å²) < 4.78 is 5.79. The minimum atomic E-state index is 0.511. The second-order valence-corrected chi connectivity index (χ2v) is 6.08. The maximum atomic E-state index is 5.97. The molecule has 0 amide bonds. The molecule has 3 N–H and O–H groups in total. The Balaban J connectivity index is 1.41. The molecule has 6 heteroatoms. The first-order valence-electron chi connectivity index (χ1n) is 7.83. The van der Waals surface area contributed by atoms with Gasteiger partial charge in [0.2, 0.25) is 0 Å². The van der Waals surface area contributed by atoms with E-state index in [0.717, 1.165) is 28.6 Å². The zero-order valence-corrected chi connectivity index (χ0v) is 14.3. The monoisotopic (exact) mass is 344 g/mol. The maximum absolute atomic E-state index is 5.97. The number of nitrogens with zero attached hydrogens (tertiary/aromatic N) is 1. The minimum absolute atomic E-state index is 0.511. The van der Waals surface area contributed by atoms with Crippen LogP contribution in [0.2, 0.25) is 5.02 Å². The number of rotatable bonds is 7. The van der Waals surface area contributed by atoms with Gasteiger partial charge in [-0.3, -0.25) is 5.32 Å². The summed E-state index contributed by atoms with van der Waals surface area (Å²) >= 11 is 5.97. The van der Waals surface area contributed by atoms with Gasteiger partial charge < -0.3 is 15.6 Å². The summed E-state index contributed by atoms with van der Waals surface area (Å²) in [5, 5.41) is 5.97. The predicted octanol–water partition coefficient (Wildman–Crippen LogP) is 3.15. The van der Waals surface area contributed by atoms with Crippen LogP contribution in [0.25, 0.3) is 0 Å². The van der Waals surface area contributed by atoms with Crippen molar-refractivity contribution < 1.29 is 4.74 Å². The van der Waals surface area contributed by atoms with Crippen LogP contribution in [0, 0.1) is 0 Å². The van der Waals surface area contributed by atoms with E-state index in [0.29, 0.717) is 13.3 Å². The molecule has 0 spiro atoms. The number of nitrogens with one attached hydrogen (secondary N) is 3. The van der Waals surface area contributed by atoms with Gasteiger partial charge in [0.05, 0.1) is 6.67 Å². The lowest BCUT2D eigenvalue weighted by molar-refractivity contribution is 0.170. The van der Waals surface area contributed by atoms with Crippen molar-refractivity contribution in [3.8, 4) is 5.75 Å². The van der Waals surface area contributed by atoms with Gasteiger partial charge in [-0.2, -0.15) is 0 Å². The first-order valence-corrected chi connectivity index (χ1v) is 8.21. The van der Waals surface area contributed by atoms with Crippen molar-refractivity contribution in [2.75, 3.05) is 6.67 Å². The fraction of sp³-hybridized carbons (Fsp3) is 0.222. The number of hydrogen-bond acceptors (Lipinski definition) is 5. The Kier molecular flexibility index (Phi) is 5.59. The lowest BCUT2D eigenvalue weighted by Gasteiger charge is -2.17. The molecule has 0 atom stereocenters. The van der Waals surface area contributed by atoms with Crippen LogP contribution in [0.1, 0.15) is 18.1 Å². The molecule has 126 valence electrons. The Hall–Kier alpha value is -2.21. The van der Waals surface area contributed by atoms with Crippen molar-refractivity contribution in [3.05, 3.63) is 76.6 Å². The van der Waals surface area contributed by atoms with Gasteiger partial charge in [-0.1, -0.05) is 35.9 Å². The first-order chi connectivity index (χ1) is 11.7. The molecule has 0 aliphatic carbocycles. The molecule has 0 fully saturated rings. The Labute approximate surface area is 147 Å². The number of benzene rings is 2. The van der Waals surface area contributed by atoms with Crippen LogP contribution in [0.4, 0.5) is 0 Å². The molecule has 2 aromatic rings. The predicted molar refractivity (Wildman–Crippen MR) is 95.8 cm³/mol. The molecule has 3 rings (SSSR count). The number of halogens is 1. The van der Waals surface area contributed by atoms with E-state index in [4.69, 9.17) is 16.3 Å². The molecule has 1 aliphatic heterocycles. The van der Waals surface area contributed by atoms with E-state index >= 15 is 0 Å². The van der Waals surface area contributed by atoms with Gasteiger partial charge in [0, 0.05) is 23.5 Å². The number of hydrogen-bond donors (Lipinski definition) is 3. The Bertz CT molecular complexity index is 702. The highest BCUT2D eigenvalue weighted by molar-refractivity contribution is 6.30. The van der Waals surface area contributed by atoms with Gasteiger partial charge in [0.1, 0.15) is 12.4 Å². The fourth-order valence-electron chi connectivity index (χ4n) is 2.35. The summed E-state index contributed by atoms with van der Waals surface area (Å²) in [5.41, 5.74) is 9.64. The average molecular weight is 345 g/mol.